The second kappa shape index (κ2) is 5.07. The van der Waals surface area contributed by atoms with Crippen LogP contribution in [0.2, 0.25) is 0 Å². The Morgan fingerprint density at radius 2 is 2.16 bits per heavy atom. The van der Waals surface area contributed by atoms with E-state index in [2.05, 4.69) is 55.3 Å². The van der Waals surface area contributed by atoms with E-state index in [-0.39, 0.29) is 12.1 Å². The highest BCUT2D eigenvalue weighted by Crippen LogP contribution is 2.36. The molecule has 5 rings (SSSR count). The van der Waals surface area contributed by atoms with E-state index in [9.17, 15) is 4.79 Å². The lowest BCUT2D eigenvalue weighted by atomic mass is 10.1. The monoisotopic (exact) mass is 332 g/mol. The number of nitrogens with one attached hydrogen (secondary N) is 3. The topological polar surface area (TPSA) is 83.9 Å². The maximum atomic E-state index is 12.0. The Bertz CT molecular complexity index is 1040. The van der Waals surface area contributed by atoms with E-state index in [4.69, 9.17) is 0 Å². The number of hydrogen-bond donors (Lipinski definition) is 3. The standard InChI is InChI=1S/C18H16N6O/c1-2-12-15-17(21-9-20-12)23-16(22-15)11-4-3-10-7-14-18(25)19-5-6-24(14)13(10)8-11/h2-4,7-9,16,22H,1,5-6H2,(H,19,25)(H,20,21,23). The van der Waals surface area contributed by atoms with Crippen molar-refractivity contribution in [3.8, 4) is 0 Å². The molecule has 1 amide bonds. The Morgan fingerprint density at radius 3 is 3.04 bits per heavy atom. The van der Waals surface area contributed by atoms with Crippen molar-refractivity contribution >= 4 is 34.4 Å². The second-order valence-electron chi connectivity index (χ2n) is 6.16. The molecule has 0 saturated heterocycles. The molecule has 0 bridgehead atoms. The maximum absolute atomic E-state index is 12.0. The summed E-state index contributed by atoms with van der Waals surface area (Å²) in [6.45, 7) is 5.24. The van der Waals surface area contributed by atoms with Crippen LogP contribution in [0.15, 0.2) is 37.2 Å². The largest absolute Gasteiger partial charge is 0.357 e. The molecule has 3 N–H and O–H groups in total. The number of benzene rings is 1. The molecule has 2 aromatic heterocycles. The zero-order chi connectivity index (χ0) is 17.0. The Labute approximate surface area is 143 Å². The van der Waals surface area contributed by atoms with E-state index in [0.717, 1.165) is 40.2 Å². The van der Waals surface area contributed by atoms with Crippen molar-refractivity contribution in [2.24, 2.45) is 0 Å². The second-order valence-corrected chi connectivity index (χ2v) is 6.16. The first-order valence-electron chi connectivity index (χ1n) is 8.16. The fourth-order valence-corrected chi connectivity index (χ4v) is 3.54. The molecule has 0 radical (unpaired) electrons. The van der Waals surface area contributed by atoms with Crippen molar-refractivity contribution in [3.63, 3.8) is 0 Å². The highest BCUT2D eigenvalue weighted by atomic mass is 16.2. The maximum Gasteiger partial charge on any atom is 0.268 e. The van der Waals surface area contributed by atoms with Crippen LogP contribution in [-0.4, -0.2) is 27.0 Å². The van der Waals surface area contributed by atoms with Gasteiger partial charge in [-0.2, -0.15) is 0 Å². The van der Waals surface area contributed by atoms with Crippen LogP contribution in [0.1, 0.15) is 27.9 Å². The molecule has 4 heterocycles. The number of rotatable bonds is 2. The van der Waals surface area contributed by atoms with Gasteiger partial charge in [0.25, 0.3) is 5.91 Å². The molecule has 1 unspecified atom stereocenters. The van der Waals surface area contributed by atoms with Crippen molar-refractivity contribution in [1.29, 1.82) is 0 Å². The quantitative estimate of drug-likeness (QED) is 0.671. The highest BCUT2D eigenvalue weighted by Gasteiger charge is 2.26. The fraction of sp³-hybridized carbons (Fsp3) is 0.167. The van der Waals surface area contributed by atoms with Crippen molar-refractivity contribution in [2.45, 2.75) is 12.7 Å². The van der Waals surface area contributed by atoms with Crippen LogP contribution in [0.5, 0.6) is 0 Å². The van der Waals surface area contributed by atoms with E-state index in [1.807, 2.05) is 6.07 Å². The molecule has 1 aromatic carbocycles. The van der Waals surface area contributed by atoms with Crippen LogP contribution >= 0.6 is 0 Å². The van der Waals surface area contributed by atoms with Gasteiger partial charge in [0.2, 0.25) is 0 Å². The van der Waals surface area contributed by atoms with Crippen LogP contribution < -0.4 is 16.0 Å². The number of anilines is 2. The molecule has 3 aromatic rings. The molecular weight excluding hydrogens is 316 g/mol. The van der Waals surface area contributed by atoms with Crippen LogP contribution in [0.25, 0.3) is 17.0 Å². The van der Waals surface area contributed by atoms with Gasteiger partial charge in [0.05, 0.1) is 5.69 Å². The Kier molecular flexibility index (Phi) is 2.85. The molecule has 25 heavy (non-hydrogen) atoms. The summed E-state index contributed by atoms with van der Waals surface area (Å²) in [6, 6.07) is 8.17. The van der Waals surface area contributed by atoms with E-state index in [1.54, 1.807) is 6.08 Å². The molecule has 2 aliphatic heterocycles. The first-order valence-corrected chi connectivity index (χ1v) is 8.16. The van der Waals surface area contributed by atoms with Crippen LogP contribution in [0.3, 0.4) is 0 Å². The number of hydrogen-bond acceptors (Lipinski definition) is 5. The number of amides is 1. The van der Waals surface area contributed by atoms with Gasteiger partial charge in [-0.05, 0) is 23.8 Å². The average Bonchev–Trinajstić information content (AvgIpc) is 3.23. The molecule has 0 spiro atoms. The molecule has 7 nitrogen and oxygen atoms in total. The van der Waals surface area contributed by atoms with Crippen LogP contribution in [0, 0.1) is 0 Å². The summed E-state index contributed by atoms with van der Waals surface area (Å²) in [5.74, 6) is 0.756. The summed E-state index contributed by atoms with van der Waals surface area (Å²) in [4.78, 5) is 20.5. The van der Waals surface area contributed by atoms with E-state index in [0.29, 0.717) is 12.2 Å². The van der Waals surface area contributed by atoms with Crippen molar-refractivity contribution < 1.29 is 4.79 Å². The highest BCUT2D eigenvalue weighted by molar-refractivity contribution is 5.99. The van der Waals surface area contributed by atoms with Gasteiger partial charge in [-0.3, -0.25) is 4.79 Å². The predicted molar refractivity (Wildman–Crippen MR) is 96.4 cm³/mol. The zero-order valence-corrected chi connectivity index (χ0v) is 13.4. The summed E-state index contributed by atoms with van der Waals surface area (Å²) in [7, 11) is 0. The fourth-order valence-electron chi connectivity index (χ4n) is 3.54. The van der Waals surface area contributed by atoms with Gasteiger partial charge in [-0.1, -0.05) is 18.7 Å². The Morgan fingerprint density at radius 1 is 1.24 bits per heavy atom. The minimum absolute atomic E-state index is 0.0144. The van der Waals surface area contributed by atoms with E-state index < -0.39 is 0 Å². The first kappa shape index (κ1) is 14.0. The third-order valence-corrected chi connectivity index (χ3v) is 4.75. The Balaban J connectivity index is 1.56. The minimum Gasteiger partial charge on any atom is -0.357 e. The smallest absolute Gasteiger partial charge is 0.268 e. The molecule has 0 fully saturated rings. The summed E-state index contributed by atoms with van der Waals surface area (Å²) < 4.78 is 2.08. The molecule has 0 saturated carbocycles. The summed E-state index contributed by atoms with van der Waals surface area (Å²) >= 11 is 0. The number of fused-ring (bicyclic) bond motifs is 4. The molecule has 0 aliphatic carbocycles. The van der Waals surface area contributed by atoms with Gasteiger partial charge in [-0.25, -0.2) is 9.97 Å². The van der Waals surface area contributed by atoms with Crippen molar-refractivity contribution in [2.75, 3.05) is 17.2 Å². The lowest BCUT2D eigenvalue weighted by Crippen LogP contribution is -2.34. The van der Waals surface area contributed by atoms with Gasteiger partial charge < -0.3 is 20.5 Å². The normalized spacial score (nSPS) is 18.1. The summed E-state index contributed by atoms with van der Waals surface area (Å²) in [6.07, 6.45) is 3.14. The lowest BCUT2D eigenvalue weighted by Gasteiger charge is -2.17. The van der Waals surface area contributed by atoms with Gasteiger partial charge >= 0.3 is 0 Å². The third kappa shape index (κ3) is 2.02. The average molecular weight is 332 g/mol. The van der Waals surface area contributed by atoms with Crippen LogP contribution in [-0.2, 0) is 6.54 Å². The lowest BCUT2D eigenvalue weighted by molar-refractivity contribution is 0.0929. The van der Waals surface area contributed by atoms with Gasteiger partial charge in [0.15, 0.2) is 5.82 Å². The van der Waals surface area contributed by atoms with Gasteiger partial charge in [0, 0.05) is 24.0 Å². The molecule has 1 atom stereocenters. The summed E-state index contributed by atoms with van der Waals surface area (Å²) in [5, 5.41) is 10.7. The predicted octanol–water partition coefficient (Wildman–Crippen LogP) is 2.35. The Hall–Kier alpha value is -3.35. The zero-order valence-electron chi connectivity index (χ0n) is 13.4. The van der Waals surface area contributed by atoms with Crippen molar-refractivity contribution in [3.05, 3.63) is 54.1 Å². The van der Waals surface area contributed by atoms with Gasteiger partial charge in [-0.15, -0.1) is 0 Å². The molecule has 2 aliphatic rings. The third-order valence-electron chi connectivity index (χ3n) is 4.75. The SMILES string of the molecule is C=Cc1ncnc2c1NC(c1ccc3cc4n(c3c1)CCNC4=O)N2. The van der Waals surface area contributed by atoms with E-state index >= 15 is 0 Å². The first-order chi connectivity index (χ1) is 12.2. The van der Waals surface area contributed by atoms with Gasteiger partial charge in [0.1, 0.15) is 23.9 Å². The van der Waals surface area contributed by atoms with Crippen molar-refractivity contribution in [1.82, 2.24) is 19.9 Å². The number of nitrogens with zero attached hydrogens (tertiary/aromatic N) is 3. The minimum atomic E-state index is -0.0987. The molecule has 7 heteroatoms. The molecular formula is C18H16N6O. The number of carbonyl (C=O) groups is 1. The number of carbonyl (C=O) groups excluding carboxylic acids is 1. The van der Waals surface area contributed by atoms with E-state index in [1.165, 1.54) is 6.33 Å². The van der Waals surface area contributed by atoms with Crippen LogP contribution in [0.4, 0.5) is 11.5 Å². The number of aromatic nitrogens is 3. The summed E-state index contributed by atoms with van der Waals surface area (Å²) in [5.41, 5.74) is 4.50. The molecule has 124 valence electrons.